The molecule has 0 aromatic heterocycles. The van der Waals surface area contributed by atoms with E-state index in [0.717, 1.165) is 16.8 Å². The first kappa shape index (κ1) is 40.8. The first-order chi connectivity index (χ1) is 23.5. The highest BCUT2D eigenvalue weighted by Crippen LogP contribution is 2.28. The molecule has 16 heteroatoms. The average Bonchev–Trinajstić information content (AvgIpc) is 3.07. The summed E-state index contributed by atoms with van der Waals surface area (Å²) in [6.07, 6.45) is 0. The van der Waals surface area contributed by atoms with Crippen LogP contribution >= 0.6 is 23.2 Å². The summed E-state index contributed by atoms with van der Waals surface area (Å²) in [5, 5.41) is 26.6. The fourth-order valence-electron chi connectivity index (χ4n) is 4.18. The number of hydrogen-bond acceptors (Lipinski definition) is 11. The van der Waals surface area contributed by atoms with Crippen molar-refractivity contribution < 1.29 is 28.8 Å². The molecule has 0 heterocycles. The van der Waals surface area contributed by atoms with Crippen LogP contribution in [0, 0.1) is 13.8 Å². The van der Waals surface area contributed by atoms with Gasteiger partial charge in [-0.15, -0.1) is 0 Å². The van der Waals surface area contributed by atoms with Crippen molar-refractivity contribution in [3.63, 3.8) is 0 Å². The number of rotatable bonds is 12. The van der Waals surface area contributed by atoms with Gasteiger partial charge in [0.1, 0.15) is 11.4 Å². The lowest BCUT2D eigenvalue weighted by Crippen LogP contribution is -2.32. The minimum absolute atomic E-state index is 0.183. The van der Waals surface area contributed by atoms with Crippen molar-refractivity contribution in [2.24, 2.45) is 20.5 Å². The molecule has 3 amide bonds. The molecule has 0 bridgehead atoms. The molecule has 1 unspecified atom stereocenters. The predicted octanol–water partition coefficient (Wildman–Crippen LogP) is 6.37. The molecule has 50 heavy (non-hydrogen) atoms. The molecule has 0 aliphatic carbocycles. The van der Waals surface area contributed by atoms with Crippen LogP contribution in [0.1, 0.15) is 52.6 Å². The number of aryl methyl sites for hydroxylation is 2. The summed E-state index contributed by atoms with van der Waals surface area (Å²) in [5.41, 5.74) is 4.39. The quantitative estimate of drug-likeness (QED) is 0.123. The van der Waals surface area contributed by atoms with Crippen molar-refractivity contribution in [3.8, 4) is 0 Å². The van der Waals surface area contributed by atoms with E-state index < -0.39 is 35.3 Å². The second kappa shape index (κ2) is 19.0. The van der Waals surface area contributed by atoms with E-state index in [-0.39, 0.29) is 33.2 Å². The normalized spacial score (nSPS) is 11.4. The van der Waals surface area contributed by atoms with Crippen LogP contribution in [0.3, 0.4) is 0 Å². The molecule has 4 N–H and O–H groups in total. The Bertz CT molecular complexity index is 1850. The Hall–Kier alpha value is -5.34. The summed E-state index contributed by atoms with van der Waals surface area (Å²) in [6, 6.07) is 10.2. The highest BCUT2D eigenvalue weighted by atomic mass is 35.5. The van der Waals surface area contributed by atoms with Crippen LogP contribution in [-0.2, 0) is 19.2 Å². The zero-order valence-corrected chi connectivity index (χ0v) is 30.3. The van der Waals surface area contributed by atoms with Crippen molar-refractivity contribution in [1.82, 2.24) is 10.6 Å². The Morgan fingerprint density at radius 2 is 1.00 bits per heavy atom. The van der Waals surface area contributed by atoms with Gasteiger partial charge in [0.15, 0.2) is 23.4 Å². The molecular formula is C34H38Cl2N8O6. The van der Waals surface area contributed by atoms with Crippen molar-refractivity contribution in [3.05, 3.63) is 80.8 Å². The molecule has 0 aliphatic heterocycles. The first-order valence-corrected chi connectivity index (χ1v) is 15.8. The Balaban J connectivity index is 0.000000377. The van der Waals surface area contributed by atoms with E-state index in [1.165, 1.54) is 71.3 Å². The number of anilines is 2. The molecule has 1 atom stereocenters. The Morgan fingerprint density at radius 1 is 0.600 bits per heavy atom. The number of Topliss-reactive ketones (excluding diaryl/α,β-unsaturated/α-hetero) is 3. The summed E-state index contributed by atoms with van der Waals surface area (Å²) in [4.78, 5) is 70.5. The summed E-state index contributed by atoms with van der Waals surface area (Å²) in [6.45, 7) is 7.53. The molecule has 0 spiro atoms. The van der Waals surface area contributed by atoms with Crippen molar-refractivity contribution >= 4 is 81.0 Å². The maximum atomic E-state index is 12.7. The second-order valence-electron chi connectivity index (χ2n) is 10.8. The van der Waals surface area contributed by atoms with E-state index >= 15 is 0 Å². The topological polar surface area (TPSA) is 200 Å². The molecule has 0 radical (unpaired) electrons. The van der Waals surface area contributed by atoms with Crippen molar-refractivity contribution in [1.29, 1.82) is 0 Å². The molecule has 0 fully saturated rings. The Kier molecular flexibility index (Phi) is 15.5. The Labute approximate surface area is 299 Å². The molecular weight excluding hydrogens is 687 g/mol. The number of nitrogens with zero attached hydrogens (tertiary/aromatic N) is 4. The molecule has 0 saturated carbocycles. The summed E-state index contributed by atoms with van der Waals surface area (Å²) in [5.74, 6) is -2.51. The average molecular weight is 726 g/mol. The largest absolute Gasteiger partial charge is 0.388 e. The number of hydrogen-bond donors (Lipinski definition) is 4. The van der Waals surface area contributed by atoms with E-state index in [2.05, 4.69) is 41.7 Å². The number of nitrogens with one attached hydrogen (secondary N) is 4. The third-order valence-electron chi connectivity index (χ3n) is 6.93. The van der Waals surface area contributed by atoms with E-state index in [4.69, 9.17) is 23.2 Å². The zero-order valence-electron chi connectivity index (χ0n) is 28.8. The number of halogens is 2. The first-order valence-electron chi connectivity index (χ1n) is 15.0. The smallest absolute Gasteiger partial charge is 0.258 e. The van der Waals surface area contributed by atoms with Crippen LogP contribution in [0.4, 0.5) is 22.7 Å². The number of azo groups is 2. The fraction of sp³-hybridized carbons (Fsp3) is 0.294. The van der Waals surface area contributed by atoms with Crippen LogP contribution in [0.2, 0.25) is 10.0 Å². The monoisotopic (exact) mass is 724 g/mol. The van der Waals surface area contributed by atoms with Gasteiger partial charge in [0.05, 0.1) is 10.0 Å². The van der Waals surface area contributed by atoms with Crippen LogP contribution in [0.5, 0.6) is 0 Å². The minimum atomic E-state index is -1.35. The summed E-state index contributed by atoms with van der Waals surface area (Å²) in [7, 11) is 4.82. The third kappa shape index (κ3) is 11.4. The van der Waals surface area contributed by atoms with Gasteiger partial charge in [0.25, 0.3) is 17.7 Å². The van der Waals surface area contributed by atoms with E-state index in [9.17, 15) is 28.8 Å². The van der Waals surface area contributed by atoms with Gasteiger partial charge in [-0.1, -0.05) is 23.2 Å². The van der Waals surface area contributed by atoms with Crippen molar-refractivity contribution in [2.75, 3.05) is 31.8 Å². The highest BCUT2D eigenvalue weighted by molar-refractivity contribution is 6.33. The molecule has 0 aliphatic rings. The molecule has 3 rings (SSSR count). The number of amides is 3. The van der Waals surface area contributed by atoms with Gasteiger partial charge in [0, 0.05) is 43.6 Å². The number of carbonyl (C=O) groups excluding carboxylic acids is 6. The lowest BCUT2D eigenvalue weighted by molar-refractivity contribution is -0.128. The Morgan fingerprint density at radius 3 is 1.40 bits per heavy atom. The van der Waals surface area contributed by atoms with E-state index in [1.54, 1.807) is 0 Å². The molecule has 264 valence electrons. The standard InChI is InChI=1S/C21H24ClN5O3.C13H14ClN3O3/c1-11-9-17(12(2)8-16(11)23-4)25-21(30)19(13(3)28)27-26-18-10-14(20(29)24-5)6-7-15(18)22;1-7(18)12(8(2)19)17-16-11-6-9(13(20)15-3)4-5-10(11)14/h6-10,19,23H,1-5H3,(H,24,29)(H,25,30);4-6,12H,1-3H3,(H,15,20). The van der Waals surface area contributed by atoms with Crippen LogP contribution in [0.25, 0.3) is 0 Å². The van der Waals surface area contributed by atoms with Gasteiger partial charge in [-0.05, 0) is 94.3 Å². The number of carbonyl (C=O) groups is 6. The van der Waals surface area contributed by atoms with Crippen LogP contribution in [-0.4, -0.2) is 68.3 Å². The second-order valence-corrected chi connectivity index (χ2v) is 11.6. The molecule has 0 saturated heterocycles. The lowest BCUT2D eigenvalue weighted by Gasteiger charge is -2.14. The maximum Gasteiger partial charge on any atom is 0.258 e. The highest BCUT2D eigenvalue weighted by Gasteiger charge is 2.24. The van der Waals surface area contributed by atoms with E-state index in [0.29, 0.717) is 16.8 Å². The molecule has 3 aromatic carbocycles. The van der Waals surface area contributed by atoms with Crippen molar-refractivity contribution in [2.45, 2.75) is 46.7 Å². The summed E-state index contributed by atoms with van der Waals surface area (Å²) < 4.78 is 0. The van der Waals surface area contributed by atoms with E-state index in [1.807, 2.05) is 33.0 Å². The minimum Gasteiger partial charge on any atom is -0.388 e. The van der Waals surface area contributed by atoms with Gasteiger partial charge in [-0.25, -0.2) is 0 Å². The lowest BCUT2D eigenvalue weighted by atomic mass is 10.1. The van der Waals surface area contributed by atoms with Gasteiger partial charge in [0.2, 0.25) is 6.04 Å². The number of benzene rings is 3. The van der Waals surface area contributed by atoms with Crippen LogP contribution in [0.15, 0.2) is 69.0 Å². The summed E-state index contributed by atoms with van der Waals surface area (Å²) >= 11 is 12.0. The van der Waals surface area contributed by atoms with Gasteiger partial charge >= 0.3 is 0 Å². The maximum absolute atomic E-state index is 12.7. The van der Waals surface area contributed by atoms with Gasteiger partial charge in [-0.2, -0.15) is 20.5 Å². The SMILES string of the molecule is CNC(=O)c1ccc(Cl)c(N=NC(C(C)=O)C(=O)Nc2cc(C)c(NC)cc2C)c1.CNC(=O)c1ccc(Cl)c(N=NC(C(C)=O)C(C)=O)c1. The number of ketones is 3. The zero-order chi connectivity index (χ0) is 37.7. The predicted molar refractivity (Wildman–Crippen MR) is 192 cm³/mol. The molecule has 3 aromatic rings. The molecule has 14 nitrogen and oxygen atoms in total. The third-order valence-corrected chi connectivity index (χ3v) is 7.57. The van der Waals surface area contributed by atoms with Crippen LogP contribution < -0.4 is 21.3 Å². The van der Waals surface area contributed by atoms with Gasteiger partial charge in [-0.3, -0.25) is 28.8 Å². The van der Waals surface area contributed by atoms with Gasteiger partial charge < -0.3 is 21.3 Å². The fourth-order valence-corrected chi connectivity index (χ4v) is 4.49.